The van der Waals surface area contributed by atoms with Crippen LogP contribution in [0.2, 0.25) is 0 Å². The zero-order chi connectivity index (χ0) is 13.5. The molecule has 0 spiro atoms. The molecule has 0 atom stereocenters. The normalized spacial score (nSPS) is 10.4. The molecule has 0 aliphatic carbocycles. The Balaban J connectivity index is 2.64. The maximum atomic E-state index is 10.7. The molecule has 0 heterocycles. The van der Waals surface area contributed by atoms with E-state index in [1.165, 1.54) is 0 Å². The third-order valence-electron chi connectivity index (χ3n) is 2.64. The second-order valence-corrected chi connectivity index (χ2v) is 4.14. The number of nitrogens with zero attached hydrogens (tertiary/aromatic N) is 1. The van der Waals surface area contributed by atoms with E-state index in [4.69, 9.17) is 15.2 Å². The fourth-order valence-corrected chi connectivity index (χ4v) is 1.67. The van der Waals surface area contributed by atoms with Gasteiger partial charge in [-0.05, 0) is 24.7 Å². The van der Waals surface area contributed by atoms with Crippen LogP contribution in [0.1, 0.15) is 12.0 Å². The van der Waals surface area contributed by atoms with Crippen LogP contribution in [0, 0.1) is 0 Å². The van der Waals surface area contributed by atoms with E-state index < -0.39 is 0 Å². The van der Waals surface area contributed by atoms with Crippen molar-refractivity contribution in [3.63, 3.8) is 0 Å². The Morgan fingerprint density at radius 1 is 1.28 bits per heavy atom. The second kappa shape index (κ2) is 6.86. The first-order valence-electron chi connectivity index (χ1n) is 5.74. The first kappa shape index (κ1) is 14.3. The number of benzene rings is 1. The standard InChI is InChI=1S/C13H20N2O3/c1-15(7-6-13(14)16)9-10-4-5-11(17-2)12(8-10)18-3/h4-5,8H,6-7,9H2,1-3H3,(H2,14,16). The van der Waals surface area contributed by atoms with Gasteiger partial charge in [0.1, 0.15) is 0 Å². The highest BCUT2D eigenvalue weighted by atomic mass is 16.5. The Kier molecular flexibility index (Phi) is 5.45. The second-order valence-electron chi connectivity index (χ2n) is 4.14. The summed E-state index contributed by atoms with van der Waals surface area (Å²) in [5.74, 6) is 1.13. The lowest BCUT2D eigenvalue weighted by molar-refractivity contribution is -0.118. The van der Waals surface area contributed by atoms with Gasteiger partial charge in [-0.15, -0.1) is 0 Å². The smallest absolute Gasteiger partial charge is 0.218 e. The number of hydrogen-bond donors (Lipinski definition) is 1. The average Bonchev–Trinajstić information content (AvgIpc) is 2.36. The lowest BCUT2D eigenvalue weighted by atomic mass is 10.2. The van der Waals surface area contributed by atoms with Gasteiger partial charge in [0.15, 0.2) is 11.5 Å². The number of primary amides is 1. The summed E-state index contributed by atoms with van der Waals surface area (Å²) in [6.45, 7) is 1.37. The van der Waals surface area contributed by atoms with Crippen molar-refractivity contribution in [1.82, 2.24) is 4.90 Å². The van der Waals surface area contributed by atoms with Crippen molar-refractivity contribution in [1.29, 1.82) is 0 Å². The summed E-state index contributed by atoms with van der Waals surface area (Å²) >= 11 is 0. The van der Waals surface area contributed by atoms with E-state index in [0.29, 0.717) is 24.5 Å². The van der Waals surface area contributed by atoms with Gasteiger partial charge < -0.3 is 20.1 Å². The summed E-state index contributed by atoms with van der Waals surface area (Å²) in [5, 5.41) is 0. The fraction of sp³-hybridized carbons (Fsp3) is 0.462. The van der Waals surface area contributed by atoms with Crippen LogP contribution in [-0.2, 0) is 11.3 Å². The van der Waals surface area contributed by atoms with Gasteiger partial charge in [-0.3, -0.25) is 4.79 Å². The van der Waals surface area contributed by atoms with Crippen molar-refractivity contribution in [2.24, 2.45) is 5.73 Å². The molecule has 1 amide bonds. The van der Waals surface area contributed by atoms with Crippen LogP contribution in [0.15, 0.2) is 18.2 Å². The molecule has 5 nitrogen and oxygen atoms in total. The van der Waals surface area contributed by atoms with E-state index in [1.807, 2.05) is 30.1 Å². The van der Waals surface area contributed by atoms with Crippen LogP contribution in [0.3, 0.4) is 0 Å². The molecule has 0 unspecified atom stereocenters. The maximum Gasteiger partial charge on any atom is 0.218 e. The molecule has 1 aromatic rings. The van der Waals surface area contributed by atoms with E-state index in [1.54, 1.807) is 14.2 Å². The van der Waals surface area contributed by atoms with Crippen LogP contribution in [0.4, 0.5) is 0 Å². The third-order valence-corrected chi connectivity index (χ3v) is 2.64. The van der Waals surface area contributed by atoms with E-state index in [0.717, 1.165) is 12.1 Å². The van der Waals surface area contributed by atoms with Gasteiger partial charge in [0.25, 0.3) is 0 Å². The van der Waals surface area contributed by atoms with Gasteiger partial charge >= 0.3 is 0 Å². The van der Waals surface area contributed by atoms with Crippen molar-refractivity contribution in [3.8, 4) is 11.5 Å². The molecule has 0 aliphatic heterocycles. The highest BCUT2D eigenvalue weighted by Gasteiger charge is 2.07. The highest BCUT2D eigenvalue weighted by molar-refractivity contribution is 5.73. The zero-order valence-corrected chi connectivity index (χ0v) is 11.1. The molecule has 1 aromatic carbocycles. The molecule has 1 rings (SSSR count). The first-order valence-corrected chi connectivity index (χ1v) is 5.74. The van der Waals surface area contributed by atoms with Gasteiger partial charge in [0.2, 0.25) is 5.91 Å². The van der Waals surface area contributed by atoms with Crippen molar-refractivity contribution in [3.05, 3.63) is 23.8 Å². The number of rotatable bonds is 7. The summed E-state index contributed by atoms with van der Waals surface area (Å²) < 4.78 is 10.4. The number of hydrogen-bond acceptors (Lipinski definition) is 4. The predicted molar refractivity (Wildman–Crippen MR) is 69.7 cm³/mol. The Bertz CT molecular complexity index is 407. The summed E-state index contributed by atoms with van der Waals surface area (Å²) in [6, 6.07) is 5.78. The monoisotopic (exact) mass is 252 g/mol. The fourth-order valence-electron chi connectivity index (χ4n) is 1.67. The Morgan fingerprint density at radius 3 is 2.50 bits per heavy atom. The molecular formula is C13H20N2O3. The molecule has 2 N–H and O–H groups in total. The third kappa shape index (κ3) is 4.25. The van der Waals surface area contributed by atoms with Crippen LogP contribution >= 0.6 is 0 Å². The average molecular weight is 252 g/mol. The van der Waals surface area contributed by atoms with Crippen LogP contribution in [0.25, 0.3) is 0 Å². The molecule has 100 valence electrons. The Labute approximate surface area is 107 Å². The first-order chi connectivity index (χ1) is 8.56. The number of nitrogens with two attached hydrogens (primary N) is 1. The molecular weight excluding hydrogens is 232 g/mol. The molecule has 0 aliphatic rings. The summed E-state index contributed by atoms with van der Waals surface area (Å²) in [6.07, 6.45) is 0.365. The van der Waals surface area contributed by atoms with Crippen LogP contribution in [0.5, 0.6) is 11.5 Å². The van der Waals surface area contributed by atoms with Crippen molar-refractivity contribution in [2.45, 2.75) is 13.0 Å². The van der Waals surface area contributed by atoms with E-state index in [2.05, 4.69) is 0 Å². The molecule has 0 bridgehead atoms. The minimum Gasteiger partial charge on any atom is -0.493 e. The Morgan fingerprint density at radius 2 is 1.94 bits per heavy atom. The molecule has 5 heteroatoms. The van der Waals surface area contributed by atoms with Gasteiger partial charge in [0, 0.05) is 19.5 Å². The lowest BCUT2D eigenvalue weighted by Crippen LogP contribution is -2.24. The van der Waals surface area contributed by atoms with Gasteiger partial charge in [-0.2, -0.15) is 0 Å². The molecule has 18 heavy (non-hydrogen) atoms. The zero-order valence-electron chi connectivity index (χ0n) is 11.1. The Hall–Kier alpha value is -1.75. The minimum absolute atomic E-state index is 0.283. The number of ether oxygens (including phenoxy) is 2. The highest BCUT2D eigenvalue weighted by Crippen LogP contribution is 2.27. The van der Waals surface area contributed by atoms with E-state index in [-0.39, 0.29) is 5.91 Å². The lowest BCUT2D eigenvalue weighted by Gasteiger charge is -2.17. The predicted octanol–water partition coefficient (Wildman–Crippen LogP) is 1.01. The minimum atomic E-state index is -0.283. The number of carbonyl (C=O) groups is 1. The summed E-state index contributed by atoms with van der Waals surface area (Å²) in [7, 11) is 5.16. The van der Waals surface area contributed by atoms with Gasteiger partial charge in [0.05, 0.1) is 14.2 Å². The molecule has 0 saturated heterocycles. The number of carbonyl (C=O) groups excluding carboxylic acids is 1. The number of methoxy groups -OCH3 is 2. The molecule has 0 radical (unpaired) electrons. The topological polar surface area (TPSA) is 64.8 Å². The van der Waals surface area contributed by atoms with Crippen molar-refractivity contribution in [2.75, 3.05) is 27.8 Å². The van der Waals surface area contributed by atoms with Crippen molar-refractivity contribution < 1.29 is 14.3 Å². The van der Waals surface area contributed by atoms with Gasteiger partial charge in [-0.25, -0.2) is 0 Å². The van der Waals surface area contributed by atoms with Crippen LogP contribution in [-0.4, -0.2) is 38.6 Å². The van der Waals surface area contributed by atoms with E-state index >= 15 is 0 Å². The SMILES string of the molecule is COc1ccc(CN(C)CCC(N)=O)cc1OC. The maximum absolute atomic E-state index is 10.7. The van der Waals surface area contributed by atoms with Crippen molar-refractivity contribution >= 4 is 5.91 Å². The number of amides is 1. The quantitative estimate of drug-likeness (QED) is 0.786. The van der Waals surface area contributed by atoms with Gasteiger partial charge in [-0.1, -0.05) is 6.07 Å². The molecule has 0 aromatic heterocycles. The van der Waals surface area contributed by atoms with Crippen LogP contribution < -0.4 is 15.2 Å². The van der Waals surface area contributed by atoms with E-state index in [9.17, 15) is 4.79 Å². The summed E-state index contributed by atoms with van der Waals surface area (Å²) in [4.78, 5) is 12.7. The molecule has 0 saturated carbocycles. The largest absolute Gasteiger partial charge is 0.493 e. The summed E-state index contributed by atoms with van der Waals surface area (Å²) in [5.41, 5.74) is 6.21. The molecule has 0 fully saturated rings.